The fraction of sp³-hybridized carbons (Fsp3) is 0.562. The van der Waals surface area contributed by atoms with Crippen LogP contribution in [0.3, 0.4) is 0 Å². The minimum atomic E-state index is -5.52. The van der Waals surface area contributed by atoms with Gasteiger partial charge >= 0.3 is 15.5 Å². The number of pyridine rings is 1. The molecule has 0 aliphatic heterocycles. The predicted octanol–water partition coefficient (Wildman–Crippen LogP) is 1.20. The molecule has 0 spiro atoms. The highest BCUT2D eigenvalue weighted by Gasteiger charge is 2.46. The van der Waals surface area contributed by atoms with E-state index in [1.807, 2.05) is 0 Å². The van der Waals surface area contributed by atoms with Gasteiger partial charge in [0.1, 0.15) is 17.5 Å². The number of hydrogen-bond acceptors (Lipinski definition) is 6. The summed E-state index contributed by atoms with van der Waals surface area (Å²) in [6.45, 7) is 0.976. The standard InChI is InChI=1S/C16H20ClF3N4O5S/c1-9(24-30(27,28)16(18,19)20)8-29-11-4-12(14(17)22-6-11)15(26)23-7-13(25)21-5-10-2-3-10/h4,6,9-10,24H,2-3,5,7-8H2,1H3,(H,21,25)(H,23,26)/t9-/m0/s1. The van der Waals surface area contributed by atoms with E-state index in [0.717, 1.165) is 19.0 Å². The van der Waals surface area contributed by atoms with E-state index in [1.54, 1.807) is 0 Å². The van der Waals surface area contributed by atoms with Gasteiger partial charge in [-0.15, -0.1) is 0 Å². The molecule has 168 valence electrons. The fourth-order valence-corrected chi connectivity index (χ4v) is 3.07. The molecular formula is C16H20ClF3N4O5S. The lowest BCUT2D eigenvalue weighted by atomic mass is 10.2. The van der Waals surface area contributed by atoms with Gasteiger partial charge in [-0.25, -0.2) is 18.1 Å². The van der Waals surface area contributed by atoms with E-state index in [-0.39, 0.29) is 28.9 Å². The van der Waals surface area contributed by atoms with Gasteiger partial charge in [-0.1, -0.05) is 11.6 Å². The SMILES string of the molecule is C[C@@H](COc1cnc(Cl)c(C(=O)NCC(=O)NCC2CC2)c1)NS(=O)(=O)C(F)(F)F. The molecule has 1 aliphatic carbocycles. The molecule has 0 unspecified atom stereocenters. The lowest BCUT2D eigenvalue weighted by molar-refractivity contribution is -0.120. The van der Waals surface area contributed by atoms with Crippen LogP contribution in [-0.2, 0) is 14.8 Å². The first-order valence-corrected chi connectivity index (χ1v) is 10.7. The second-order valence-electron chi connectivity index (χ2n) is 6.72. The molecule has 0 radical (unpaired) electrons. The number of amides is 2. The zero-order chi connectivity index (χ0) is 22.5. The highest BCUT2D eigenvalue weighted by Crippen LogP contribution is 2.27. The Morgan fingerprint density at radius 1 is 1.33 bits per heavy atom. The second kappa shape index (κ2) is 9.79. The number of nitrogens with one attached hydrogen (secondary N) is 3. The van der Waals surface area contributed by atoms with E-state index in [2.05, 4.69) is 15.6 Å². The number of halogens is 4. The Balaban J connectivity index is 1.89. The first-order valence-electron chi connectivity index (χ1n) is 8.81. The molecule has 2 rings (SSSR count). The van der Waals surface area contributed by atoms with Gasteiger partial charge < -0.3 is 15.4 Å². The van der Waals surface area contributed by atoms with Crippen LogP contribution >= 0.6 is 11.6 Å². The van der Waals surface area contributed by atoms with Crippen molar-refractivity contribution in [1.29, 1.82) is 0 Å². The fourth-order valence-electron chi connectivity index (χ4n) is 2.15. The van der Waals surface area contributed by atoms with Crippen LogP contribution in [0.1, 0.15) is 30.1 Å². The number of carbonyl (C=O) groups excluding carboxylic acids is 2. The van der Waals surface area contributed by atoms with Gasteiger partial charge in [0.2, 0.25) is 5.91 Å². The molecule has 0 bridgehead atoms. The lowest BCUT2D eigenvalue weighted by Gasteiger charge is -2.16. The van der Waals surface area contributed by atoms with Crippen molar-refractivity contribution in [1.82, 2.24) is 20.3 Å². The summed E-state index contributed by atoms with van der Waals surface area (Å²) in [5.41, 5.74) is -5.56. The molecule has 1 fully saturated rings. The number of nitrogens with zero attached hydrogens (tertiary/aromatic N) is 1. The zero-order valence-corrected chi connectivity index (χ0v) is 17.3. The van der Waals surface area contributed by atoms with Crippen LogP contribution in [0, 0.1) is 5.92 Å². The van der Waals surface area contributed by atoms with E-state index < -0.39 is 34.1 Å². The highest BCUT2D eigenvalue weighted by atomic mass is 35.5. The molecule has 2 amide bonds. The van der Waals surface area contributed by atoms with Gasteiger partial charge in [-0.2, -0.15) is 13.2 Å². The van der Waals surface area contributed by atoms with E-state index in [9.17, 15) is 31.2 Å². The first kappa shape index (κ1) is 24.2. The van der Waals surface area contributed by atoms with Crippen LogP contribution in [0.15, 0.2) is 12.3 Å². The normalized spacial score (nSPS) is 15.4. The monoisotopic (exact) mass is 472 g/mol. The molecule has 14 heteroatoms. The number of rotatable bonds is 10. The molecular weight excluding hydrogens is 453 g/mol. The van der Waals surface area contributed by atoms with E-state index >= 15 is 0 Å². The van der Waals surface area contributed by atoms with E-state index in [1.165, 1.54) is 17.7 Å². The molecule has 0 saturated heterocycles. The summed E-state index contributed by atoms with van der Waals surface area (Å²) in [7, 11) is -5.52. The minimum absolute atomic E-state index is 0.0270. The molecule has 0 aromatic carbocycles. The van der Waals surface area contributed by atoms with Crippen LogP contribution in [0.4, 0.5) is 13.2 Å². The second-order valence-corrected chi connectivity index (χ2v) is 8.78. The Morgan fingerprint density at radius 2 is 2.00 bits per heavy atom. The van der Waals surface area contributed by atoms with Crippen LogP contribution in [0.2, 0.25) is 5.15 Å². The Bertz CT molecular complexity index is 893. The maximum Gasteiger partial charge on any atom is 0.511 e. The van der Waals surface area contributed by atoms with Crippen molar-refractivity contribution in [3.63, 3.8) is 0 Å². The van der Waals surface area contributed by atoms with Gasteiger partial charge in [0.15, 0.2) is 0 Å². The number of hydrogen-bond donors (Lipinski definition) is 3. The Labute approximate surface area is 175 Å². The predicted molar refractivity (Wildman–Crippen MR) is 100 cm³/mol. The molecule has 9 nitrogen and oxygen atoms in total. The summed E-state index contributed by atoms with van der Waals surface area (Å²) in [5.74, 6) is -0.608. The maximum absolute atomic E-state index is 12.4. The molecule has 1 saturated carbocycles. The van der Waals surface area contributed by atoms with Crippen molar-refractivity contribution in [2.24, 2.45) is 5.92 Å². The quantitative estimate of drug-likeness (QED) is 0.439. The Hall–Kier alpha value is -2.12. The smallest absolute Gasteiger partial charge is 0.490 e. The van der Waals surface area contributed by atoms with Gasteiger partial charge in [-0.3, -0.25) is 9.59 Å². The summed E-state index contributed by atoms with van der Waals surface area (Å²) in [6.07, 6.45) is 3.25. The Kier molecular flexibility index (Phi) is 7.88. The van der Waals surface area contributed by atoms with Crippen molar-refractivity contribution in [2.45, 2.75) is 31.3 Å². The van der Waals surface area contributed by atoms with Gasteiger partial charge in [0, 0.05) is 6.54 Å². The topological polar surface area (TPSA) is 126 Å². The first-order chi connectivity index (χ1) is 13.9. The van der Waals surface area contributed by atoms with Crippen molar-refractivity contribution < 1.29 is 35.9 Å². The minimum Gasteiger partial charge on any atom is -0.490 e. The average molecular weight is 473 g/mol. The summed E-state index contributed by atoms with van der Waals surface area (Å²) < 4.78 is 65.9. The number of alkyl halides is 3. The molecule has 1 aromatic rings. The zero-order valence-electron chi connectivity index (χ0n) is 15.8. The van der Waals surface area contributed by atoms with Crippen molar-refractivity contribution >= 4 is 33.4 Å². The number of ether oxygens (including phenoxy) is 1. The summed E-state index contributed by atoms with van der Waals surface area (Å²) in [4.78, 5) is 27.7. The number of sulfonamides is 1. The van der Waals surface area contributed by atoms with Gasteiger partial charge in [0.25, 0.3) is 5.91 Å². The van der Waals surface area contributed by atoms with Crippen LogP contribution in [0.5, 0.6) is 5.75 Å². The van der Waals surface area contributed by atoms with Crippen LogP contribution in [0.25, 0.3) is 0 Å². The number of aromatic nitrogens is 1. The van der Waals surface area contributed by atoms with E-state index in [0.29, 0.717) is 12.5 Å². The molecule has 1 atom stereocenters. The van der Waals surface area contributed by atoms with Crippen molar-refractivity contribution in [3.05, 3.63) is 23.0 Å². The molecule has 30 heavy (non-hydrogen) atoms. The molecule has 3 N–H and O–H groups in total. The van der Waals surface area contributed by atoms with E-state index in [4.69, 9.17) is 16.3 Å². The third kappa shape index (κ3) is 7.29. The lowest BCUT2D eigenvalue weighted by Crippen LogP contribution is -2.43. The summed E-state index contributed by atoms with van der Waals surface area (Å²) in [6, 6.07) is -0.0441. The highest BCUT2D eigenvalue weighted by molar-refractivity contribution is 7.90. The summed E-state index contributed by atoms with van der Waals surface area (Å²) >= 11 is 5.87. The van der Waals surface area contributed by atoms with Crippen molar-refractivity contribution in [3.8, 4) is 5.75 Å². The van der Waals surface area contributed by atoms with Crippen LogP contribution < -0.4 is 20.1 Å². The third-order valence-electron chi connectivity index (χ3n) is 3.91. The van der Waals surface area contributed by atoms with Gasteiger partial charge in [0.05, 0.1) is 24.3 Å². The number of carbonyl (C=O) groups is 2. The summed E-state index contributed by atoms with van der Waals surface area (Å²) in [5, 5.41) is 4.88. The van der Waals surface area contributed by atoms with Crippen LogP contribution in [-0.4, -0.2) is 56.5 Å². The molecule has 1 aromatic heterocycles. The maximum atomic E-state index is 12.4. The molecule has 1 heterocycles. The largest absolute Gasteiger partial charge is 0.511 e. The Morgan fingerprint density at radius 3 is 2.60 bits per heavy atom. The van der Waals surface area contributed by atoms with Gasteiger partial charge in [-0.05, 0) is 31.7 Å². The average Bonchev–Trinajstić information content (AvgIpc) is 3.47. The van der Waals surface area contributed by atoms with Crippen molar-refractivity contribution in [2.75, 3.05) is 19.7 Å². The molecule has 1 aliphatic rings. The third-order valence-corrected chi connectivity index (χ3v) is 5.54.